The molecule has 0 bridgehead atoms. The second-order valence-electron chi connectivity index (χ2n) is 7.11. The van der Waals surface area contributed by atoms with E-state index in [4.69, 9.17) is 4.98 Å². The van der Waals surface area contributed by atoms with Gasteiger partial charge < -0.3 is 10.2 Å². The van der Waals surface area contributed by atoms with Gasteiger partial charge in [0, 0.05) is 35.7 Å². The van der Waals surface area contributed by atoms with Gasteiger partial charge in [-0.25, -0.2) is 4.98 Å². The smallest absolute Gasteiger partial charge is 0.259 e. The maximum Gasteiger partial charge on any atom is 0.259 e. The highest BCUT2D eigenvalue weighted by Gasteiger charge is 2.22. The maximum atomic E-state index is 13.2. The van der Waals surface area contributed by atoms with Crippen LogP contribution in [0.5, 0.6) is 0 Å². The number of benzene rings is 2. The Kier molecular flexibility index (Phi) is 4.13. The zero-order chi connectivity index (χ0) is 18.9. The molecule has 1 N–H and O–H groups in total. The third-order valence-electron chi connectivity index (χ3n) is 5.21. The van der Waals surface area contributed by atoms with E-state index in [1.54, 1.807) is 6.20 Å². The first-order valence-corrected chi connectivity index (χ1v) is 9.59. The molecule has 28 heavy (non-hydrogen) atoms. The Hall–Kier alpha value is -3.47. The first kappa shape index (κ1) is 16.7. The third kappa shape index (κ3) is 3.05. The lowest BCUT2D eigenvalue weighted by Crippen LogP contribution is -2.24. The second-order valence-corrected chi connectivity index (χ2v) is 7.11. The van der Waals surface area contributed by atoms with Crippen LogP contribution >= 0.6 is 0 Å². The summed E-state index contributed by atoms with van der Waals surface area (Å²) in [5.74, 6) is 0.638. The van der Waals surface area contributed by atoms with Crippen molar-refractivity contribution < 1.29 is 4.79 Å². The zero-order valence-electron chi connectivity index (χ0n) is 15.4. The minimum Gasteiger partial charge on any atom is -0.356 e. The number of fused-ring (bicyclic) bond motifs is 2. The van der Waals surface area contributed by atoms with E-state index >= 15 is 0 Å². The molecule has 2 aromatic heterocycles. The van der Waals surface area contributed by atoms with Crippen LogP contribution in [0.15, 0.2) is 66.9 Å². The van der Waals surface area contributed by atoms with Crippen molar-refractivity contribution >= 4 is 39.2 Å². The van der Waals surface area contributed by atoms with Crippen LogP contribution < -0.4 is 10.2 Å². The first-order valence-electron chi connectivity index (χ1n) is 9.59. The van der Waals surface area contributed by atoms with E-state index in [0.29, 0.717) is 5.56 Å². The summed E-state index contributed by atoms with van der Waals surface area (Å²) in [6, 6.07) is 19.5. The number of hydrogen-bond donors (Lipinski definition) is 1. The molecule has 1 amide bonds. The van der Waals surface area contributed by atoms with Gasteiger partial charge in [0.15, 0.2) is 0 Å². The molecule has 0 saturated carbocycles. The highest BCUT2D eigenvalue weighted by atomic mass is 16.1. The number of pyridine rings is 2. The van der Waals surface area contributed by atoms with Gasteiger partial charge >= 0.3 is 0 Å². The summed E-state index contributed by atoms with van der Waals surface area (Å²) in [5.41, 5.74) is 3.20. The van der Waals surface area contributed by atoms with Crippen LogP contribution in [0.2, 0.25) is 0 Å². The van der Waals surface area contributed by atoms with Crippen LogP contribution in [-0.4, -0.2) is 29.0 Å². The molecule has 0 spiro atoms. The number of nitrogens with one attached hydrogen (secondary N) is 1. The molecule has 1 saturated heterocycles. The van der Waals surface area contributed by atoms with Gasteiger partial charge in [-0.15, -0.1) is 0 Å². The quantitative estimate of drug-likeness (QED) is 0.572. The van der Waals surface area contributed by atoms with E-state index in [0.717, 1.165) is 59.2 Å². The number of hydrogen-bond acceptors (Lipinski definition) is 4. The van der Waals surface area contributed by atoms with Crippen molar-refractivity contribution in [1.82, 2.24) is 9.97 Å². The molecular weight excluding hydrogens is 348 g/mol. The highest BCUT2D eigenvalue weighted by Crippen LogP contribution is 2.27. The molecule has 5 heteroatoms. The Balaban J connectivity index is 1.54. The molecule has 1 aliphatic rings. The SMILES string of the molecule is O=C(Nc1ccc2ncccc2c1)c1cc2ccccc2nc1N1CCCC1. The largest absolute Gasteiger partial charge is 0.356 e. The Morgan fingerprint density at radius 1 is 0.893 bits per heavy atom. The van der Waals surface area contributed by atoms with Gasteiger partial charge in [-0.2, -0.15) is 0 Å². The lowest BCUT2D eigenvalue weighted by molar-refractivity contribution is 0.102. The number of rotatable bonds is 3. The fourth-order valence-electron chi connectivity index (χ4n) is 3.79. The summed E-state index contributed by atoms with van der Waals surface area (Å²) >= 11 is 0. The van der Waals surface area contributed by atoms with Crippen LogP contribution in [0.25, 0.3) is 21.8 Å². The molecule has 3 heterocycles. The zero-order valence-corrected chi connectivity index (χ0v) is 15.4. The van der Waals surface area contributed by atoms with Crippen molar-refractivity contribution in [3.63, 3.8) is 0 Å². The van der Waals surface area contributed by atoms with Crippen molar-refractivity contribution in [2.75, 3.05) is 23.3 Å². The molecule has 0 aliphatic carbocycles. The molecule has 1 aliphatic heterocycles. The van der Waals surface area contributed by atoms with Gasteiger partial charge in [0.05, 0.1) is 16.6 Å². The van der Waals surface area contributed by atoms with Gasteiger partial charge in [-0.05, 0) is 49.2 Å². The minimum absolute atomic E-state index is 0.136. The van der Waals surface area contributed by atoms with Crippen molar-refractivity contribution in [2.24, 2.45) is 0 Å². The lowest BCUT2D eigenvalue weighted by atomic mass is 10.1. The molecule has 4 aromatic rings. The number of para-hydroxylation sites is 1. The summed E-state index contributed by atoms with van der Waals surface area (Å²) in [7, 11) is 0. The monoisotopic (exact) mass is 368 g/mol. The topological polar surface area (TPSA) is 58.1 Å². The van der Waals surface area contributed by atoms with Crippen LogP contribution in [-0.2, 0) is 0 Å². The van der Waals surface area contributed by atoms with Crippen molar-refractivity contribution in [2.45, 2.75) is 12.8 Å². The molecule has 1 fully saturated rings. The van der Waals surface area contributed by atoms with E-state index < -0.39 is 0 Å². The molecule has 0 unspecified atom stereocenters. The second kappa shape index (κ2) is 6.93. The number of carbonyl (C=O) groups is 1. The highest BCUT2D eigenvalue weighted by molar-refractivity contribution is 6.10. The van der Waals surface area contributed by atoms with Gasteiger partial charge in [-0.3, -0.25) is 9.78 Å². The number of carbonyl (C=O) groups excluding carboxylic acids is 1. The Bertz CT molecular complexity index is 1180. The van der Waals surface area contributed by atoms with E-state index in [1.165, 1.54) is 0 Å². The van der Waals surface area contributed by atoms with Crippen LogP contribution in [0.3, 0.4) is 0 Å². The molecular formula is C23H20N4O. The summed E-state index contributed by atoms with van der Waals surface area (Å²) < 4.78 is 0. The van der Waals surface area contributed by atoms with E-state index in [9.17, 15) is 4.79 Å². The van der Waals surface area contributed by atoms with Gasteiger partial charge in [0.2, 0.25) is 0 Å². The fraction of sp³-hybridized carbons (Fsp3) is 0.174. The average molecular weight is 368 g/mol. The minimum atomic E-state index is -0.136. The number of amides is 1. The molecule has 5 nitrogen and oxygen atoms in total. The summed E-state index contributed by atoms with van der Waals surface area (Å²) in [6.07, 6.45) is 4.03. The Labute approximate surface area is 163 Å². The van der Waals surface area contributed by atoms with Crippen LogP contribution in [0.4, 0.5) is 11.5 Å². The van der Waals surface area contributed by atoms with Crippen LogP contribution in [0.1, 0.15) is 23.2 Å². The first-order chi connectivity index (χ1) is 13.8. The number of anilines is 2. The van der Waals surface area contributed by atoms with Crippen molar-refractivity contribution in [3.8, 4) is 0 Å². The van der Waals surface area contributed by atoms with Crippen LogP contribution in [0, 0.1) is 0 Å². The summed E-state index contributed by atoms with van der Waals surface area (Å²) in [5, 5.41) is 5.01. The predicted octanol–water partition coefficient (Wildman–Crippen LogP) is 4.64. The molecule has 0 atom stereocenters. The molecule has 138 valence electrons. The molecule has 2 aromatic carbocycles. The fourth-order valence-corrected chi connectivity index (χ4v) is 3.79. The molecule has 0 radical (unpaired) electrons. The lowest BCUT2D eigenvalue weighted by Gasteiger charge is -2.20. The van der Waals surface area contributed by atoms with E-state index in [-0.39, 0.29) is 5.91 Å². The van der Waals surface area contributed by atoms with Gasteiger partial charge in [0.1, 0.15) is 5.82 Å². The Morgan fingerprint density at radius 2 is 1.68 bits per heavy atom. The molecule has 5 rings (SSSR count). The summed E-state index contributed by atoms with van der Waals surface area (Å²) in [6.45, 7) is 1.88. The predicted molar refractivity (Wildman–Crippen MR) is 113 cm³/mol. The normalized spacial score (nSPS) is 13.9. The standard InChI is InChI=1S/C23H20N4O/c28-23(25-18-9-10-20-16(14-18)7-5-11-24-20)19-15-17-6-1-2-8-21(17)26-22(19)27-12-3-4-13-27/h1-2,5-11,14-15H,3-4,12-13H2,(H,25,28). The average Bonchev–Trinajstić information content (AvgIpc) is 3.27. The van der Waals surface area contributed by atoms with Crippen molar-refractivity contribution in [3.05, 3.63) is 72.4 Å². The number of aromatic nitrogens is 2. The van der Waals surface area contributed by atoms with E-state index in [1.807, 2.05) is 60.7 Å². The maximum absolute atomic E-state index is 13.2. The van der Waals surface area contributed by atoms with E-state index in [2.05, 4.69) is 15.2 Å². The van der Waals surface area contributed by atoms with Gasteiger partial charge in [-0.1, -0.05) is 24.3 Å². The van der Waals surface area contributed by atoms with Crippen molar-refractivity contribution in [1.29, 1.82) is 0 Å². The third-order valence-corrected chi connectivity index (χ3v) is 5.21. The Morgan fingerprint density at radius 3 is 2.57 bits per heavy atom. The number of nitrogens with zero attached hydrogens (tertiary/aromatic N) is 3. The van der Waals surface area contributed by atoms with Gasteiger partial charge in [0.25, 0.3) is 5.91 Å². The summed E-state index contributed by atoms with van der Waals surface area (Å²) in [4.78, 5) is 24.5.